The third kappa shape index (κ3) is 2.85. The molecule has 0 radical (unpaired) electrons. The molecule has 0 aliphatic carbocycles. The van der Waals surface area contributed by atoms with Gasteiger partial charge in [-0.1, -0.05) is 13.8 Å². The van der Waals surface area contributed by atoms with Crippen molar-refractivity contribution in [2.24, 2.45) is 5.92 Å². The molecule has 22 heavy (non-hydrogen) atoms. The monoisotopic (exact) mass is 311 g/mol. The van der Waals surface area contributed by atoms with Crippen molar-refractivity contribution in [1.29, 1.82) is 5.26 Å². The number of aromatic nitrogens is 4. The summed E-state index contributed by atoms with van der Waals surface area (Å²) in [4.78, 5) is 17.3. The fourth-order valence-electron chi connectivity index (χ4n) is 2.61. The van der Waals surface area contributed by atoms with E-state index >= 15 is 0 Å². The molecule has 0 bridgehead atoms. The summed E-state index contributed by atoms with van der Waals surface area (Å²) < 4.78 is 0. The maximum absolute atomic E-state index is 9.05. The largest absolute Gasteiger partial charge is 0.346 e. The maximum atomic E-state index is 9.05. The van der Waals surface area contributed by atoms with Crippen LogP contribution in [0.2, 0.25) is 0 Å². The summed E-state index contributed by atoms with van der Waals surface area (Å²) >= 11 is 1.63. The van der Waals surface area contributed by atoms with Gasteiger partial charge in [0, 0.05) is 30.1 Å². The number of aromatic amines is 1. The van der Waals surface area contributed by atoms with Gasteiger partial charge in [-0.3, -0.25) is 0 Å². The lowest BCUT2D eigenvalue weighted by atomic mass is 9.95. The van der Waals surface area contributed by atoms with Gasteiger partial charge in [0.25, 0.3) is 0 Å². The highest BCUT2D eigenvalue weighted by molar-refractivity contribution is 7.15. The Morgan fingerprint density at radius 3 is 2.95 bits per heavy atom. The molecule has 0 spiro atoms. The van der Waals surface area contributed by atoms with Crippen LogP contribution in [0, 0.1) is 17.2 Å². The Balaban J connectivity index is 1.96. The van der Waals surface area contributed by atoms with Crippen molar-refractivity contribution >= 4 is 22.4 Å². The Morgan fingerprint density at radius 2 is 2.18 bits per heavy atom. The van der Waals surface area contributed by atoms with Crippen molar-refractivity contribution in [3.63, 3.8) is 0 Å². The molecule has 0 aliphatic heterocycles. The number of rotatable bonds is 5. The van der Waals surface area contributed by atoms with Crippen LogP contribution >= 0.6 is 11.3 Å². The smallest absolute Gasteiger partial charge is 0.141 e. The lowest BCUT2D eigenvalue weighted by Crippen LogP contribution is -2.01. The topological polar surface area (TPSA) is 78.2 Å². The standard InChI is InChI=1S/C16H17N5S/c1-10(2)7-11(3-5-17)16-19-8-13(22-16)14-12-4-6-18-15(12)21-9-20-14/h4,6,8-11H,3,7H2,1-2H3,(H,18,20,21). The first-order chi connectivity index (χ1) is 10.7. The number of nitrogens with zero attached hydrogens (tertiary/aromatic N) is 4. The molecule has 3 aromatic heterocycles. The van der Waals surface area contributed by atoms with Crippen molar-refractivity contribution in [2.45, 2.75) is 32.6 Å². The van der Waals surface area contributed by atoms with Gasteiger partial charge in [-0.2, -0.15) is 5.26 Å². The molecule has 0 amide bonds. The second-order valence-electron chi connectivity index (χ2n) is 5.71. The van der Waals surface area contributed by atoms with E-state index in [1.165, 1.54) is 0 Å². The van der Waals surface area contributed by atoms with Gasteiger partial charge in [0.05, 0.1) is 21.6 Å². The molecule has 1 atom stereocenters. The molecule has 0 aliphatic rings. The zero-order chi connectivity index (χ0) is 15.5. The summed E-state index contributed by atoms with van der Waals surface area (Å²) in [6.07, 6.45) is 6.77. The van der Waals surface area contributed by atoms with Crippen molar-refractivity contribution < 1.29 is 0 Å². The van der Waals surface area contributed by atoms with Gasteiger partial charge in [-0.15, -0.1) is 11.3 Å². The average molecular weight is 311 g/mol. The second-order valence-corrected chi connectivity index (χ2v) is 6.78. The van der Waals surface area contributed by atoms with Gasteiger partial charge in [0.15, 0.2) is 0 Å². The normalized spacial score (nSPS) is 12.6. The van der Waals surface area contributed by atoms with Crippen molar-refractivity contribution in [2.75, 3.05) is 0 Å². The van der Waals surface area contributed by atoms with E-state index in [0.29, 0.717) is 12.3 Å². The second kappa shape index (κ2) is 6.24. The molecule has 0 saturated carbocycles. The van der Waals surface area contributed by atoms with Crippen LogP contribution < -0.4 is 0 Å². The van der Waals surface area contributed by atoms with E-state index in [4.69, 9.17) is 5.26 Å². The minimum absolute atomic E-state index is 0.201. The van der Waals surface area contributed by atoms with Gasteiger partial charge < -0.3 is 4.98 Å². The minimum atomic E-state index is 0.201. The summed E-state index contributed by atoms with van der Waals surface area (Å²) in [6.45, 7) is 4.35. The molecule has 5 nitrogen and oxygen atoms in total. The molecular formula is C16H17N5S. The predicted molar refractivity (Wildman–Crippen MR) is 87.4 cm³/mol. The molecule has 0 aromatic carbocycles. The van der Waals surface area contributed by atoms with Crippen LogP contribution in [0.15, 0.2) is 24.8 Å². The third-order valence-electron chi connectivity index (χ3n) is 3.55. The number of thiazole rings is 1. The summed E-state index contributed by atoms with van der Waals surface area (Å²) in [5.74, 6) is 0.744. The van der Waals surface area contributed by atoms with Crippen LogP contribution in [0.5, 0.6) is 0 Å². The molecule has 6 heteroatoms. The first-order valence-electron chi connectivity index (χ1n) is 7.30. The van der Waals surface area contributed by atoms with Crippen LogP contribution in [0.25, 0.3) is 21.6 Å². The quantitative estimate of drug-likeness (QED) is 0.768. The molecule has 0 saturated heterocycles. The summed E-state index contributed by atoms with van der Waals surface area (Å²) in [6, 6.07) is 4.26. The molecule has 1 unspecified atom stereocenters. The summed E-state index contributed by atoms with van der Waals surface area (Å²) in [5.41, 5.74) is 1.73. The molecule has 3 heterocycles. The zero-order valence-electron chi connectivity index (χ0n) is 12.6. The first kappa shape index (κ1) is 14.7. The SMILES string of the molecule is CC(C)CC(CC#N)c1ncc(-c2ncnc3[nH]ccc23)s1. The third-order valence-corrected chi connectivity index (χ3v) is 4.72. The van der Waals surface area contributed by atoms with Gasteiger partial charge >= 0.3 is 0 Å². The van der Waals surface area contributed by atoms with Crippen LogP contribution in [-0.2, 0) is 0 Å². The number of fused-ring (bicyclic) bond motifs is 1. The molecule has 112 valence electrons. The summed E-state index contributed by atoms with van der Waals surface area (Å²) in [5, 5.41) is 11.1. The number of nitriles is 1. The van der Waals surface area contributed by atoms with Crippen molar-refractivity contribution in [3.05, 3.63) is 29.8 Å². The van der Waals surface area contributed by atoms with Crippen LogP contribution in [0.1, 0.15) is 37.6 Å². The van der Waals surface area contributed by atoms with E-state index in [2.05, 4.69) is 39.9 Å². The summed E-state index contributed by atoms with van der Waals surface area (Å²) in [7, 11) is 0. The van der Waals surface area contributed by atoms with Crippen molar-refractivity contribution in [3.8, 4) is 16.6 Å². The van der Waals surface area contributed by atoms with E-state index in [-0.39, 0.29) is 5.92 Å². The predicted octanol–water partition coefficient (Wildman–Crippen LogP) is 4.12. The lowest BCUT2D eigenvalue weighted by molar-refractivity contribution is 0.503. The Morgan fingerprint density at radius 1 is 1.32 bits per heavy atom. The molecule has 0 fully saturated rings. The highest BCUT2D eigenvalue weighted by atomic mass is 32.1. The highest BCUT2D eigenvalue weighted by Crippen LogP contribution is 2.35. The van der Waals surface area contributed by atoms with Gasteiger partial charge in [-0.05, 0) is 18.4 Å². The number of nitrogens with one attached hydrogen (secondary N) is 1. The lowest BCUT2D eigenvalue weighted by Gasteiger charge is -2.12. The number of hydrogen-bond donors (Lipinski definition) is 1. The van der Waals surface area contributed by atoms with Crippen molar-refractivity contribution in [1.82, 2.24) is 19.9 Å². The maximum Gasteiger partial charge on any atom is 0.141 e. The molecule has 3 aromatic rings. The molecule has 1 N–H and O–H groups in total. The fraction of sp³-hybridized carbons (Fsp3) is 0.375. The molecule has 3 rings (SSSR count). The van der Waals surface area contributed by atoms with E-state index in [1.54, 1.807) is 17.7 Å². The fourth-order valence-corrected chi connectivity index (χ4v) is 3.65. The van der Waals surface area contributed by atoms with Gasteiger partial charge in [0.2, 0.25) is 0 Å². The zero-order valence-corrected chi connectivity index (χ0v) is 13.4. The Labute approximate surface area is 133 Å². The first-order valence-corrected chi connectivity index (χ1v) is 8.11. The highest BCUT2D eigenvalue weighted by Gasteiger charge is 2.19. The minimum Gasteiger partial charge on any atom is -0.346 e. The van der Waals surface area contributed by atoms with Crippen LogP contribution in [-0.4, -0.2) is 19.9 Å². The Hall–Kier alpha value is -2.26. The van der Waals surface area contributed by atoms with Gasteiger partial charge in [0.1, 0.15) is 12.0 Å². The number of hydrogen-bond acceptors (Lipinski definition) is 5. The molecular weight excluding hydrogens is 294 g/mol. The average Bonchev–Trinajstić information content (AvgIpc) is 3.15. The Kier molecular flexibility index (Phi) is 4.16. The Bertz CT molecular complexity index is 811. The van der Waals surface area contributed by atoms with E-state index in [9.17, 15) is 0 Å². The van der Waals surface area contributed by atoms with E-state index < -0.39 is 0 Å². The van der Waals surface area contributed by atoms with E-state index in [0.717, 1.165) is 33.0 Å². The van der Waals surface area contributed by atoms with E-state index in [1.807, 2.05) is 18.5 Å². The van der Waals surface area contributed by atoms with Crippen LogP contribution in [0.3, 0.4) is 0 Å². The van der Waals surface area contributed by atoms with Crippen LogP contribution in [0.4, 0.5) is 0 Å². The van der Waals surface area contributed by atoms with Gasteiger partial charge in [-0.25, -0.2) is 15.0 Å². The number of H-pyrrole nitrogens is 1.